The fourth-order valence-corrected chi connectivity index (χ4v) is 3.61. The van der Waals surface area contributed by atoms with Gasteiger partial charge in [0.1, 0.15) is 0 Å². The first-order valence-corrected chi connectivity index (χ1v) is 9.07. The lowest BCUT2D eigenvalue weighted by molar-refractivity contribution is -0.121. The average molecular weight is 368 g/mol. The topological polar surface area (TPSA) is 62.1 Å². The molecule has 1 aliphatic rings. The van der Waals surface area contributed by atoms with Crippen molar-refractivity contribution >= 4 is 34.6 Å². The number of hydrogen-bond acceptors (Lipinski definition) is 5. The van der Waals surface area contributed by atoms with Crippen LogP contribution < -0.4 is 4.74 Å². The van der Waals surface area contributed by atoms with Crippen molar-refractivity contribution in [3.05, 3.63) is 58.5 Å². The molecule has 0 unspecified atom stereocenters. The fraction of sp³-hybridized carbons (Fsp3) is 0.200. The maximum absolute atomic E-state index is 12.6. The maximum Gasteiger partial charge on any atom is 0.266 e. The second-order valence-electron chi connectivity index (χ2n) is 5.75. The number of phenolic OH excluding ortho intramolecular Hbond substituents is 1. The molecule has 6 heteroatoms. The quantitative estimate of drug-likeness (QED) is 0.822. The summed E-state index contributed by atoms with van der Waals surface area (Å²) in [6.45, 7) is 2.08. The predicted octanol–water partition coefficient (Wildman–Crippen LogP) is 4.20. The van der Waals surface area contributed by atoms with Crippen LogP contribution in [0.1, 0.15) is 18.1 Å². The van der Waals surface area contributed by atoms with Gasteiger partial charge in [0.25, 0.3) is 5.91 Å². The molecule has 0 atom stereocenters. The SMILES string of the molecule is CCc1ccccc1N=C1S/C(=C/c2cccc(OC)c2O)C(=O)N1C. The number of amides is 1. The number of aromatic hydroxyl groups is 1. The van der Waals surface area contributed by atoms with Crippen LogP contribution in [0.25, 0.3) is 6.08 Å². The zero-order valence-corrected chi connectivity index (χ0v) is 15.7. The van der Waals surface area contributed by atoms with Gasteiger partial charge in [-0.25, -0.2) is 4.99 Å². The van der Waals surface area contributed by atoms with Crippen LogP contribution in [0.2, 0.25) is 0 Å². The number of aryl methyl sites for hydroxylation is 1. The Hall–Kier alpha value is -2.73. The Labute approximate surface area is 157 Å². The van der Waals surface area contributed by atoms with Crippen molar-refractivity contribution in [1.29, 1.82) is 0 Å². The number of benzene rings is 2. The molecule has 2 aromatic rings. The lowest BCUT2D eigenvalue weighted by Gasteiger charge is -2.09. The molecule has 0 spiro atoms. The molecule has 1 aliphatic heterocycles. The van der Waals surface area contributed by atoms with Gasteiger partial charge in [-0.1, -0.05) is 37.3 Å². The molecule has 0 saturated carbocycles. The molecule has 0 aliphatic carbocycles. The molecular weight excluding hydrogens is 348 g/mol. The Bertz CT molecular complexity index is 906. The van der Waals surface area contributed by atoms with Gasteiger partial charge in [-0.15, -0.1) is 0 Å². The Morgan fingerprint density at radius 3 is 2.73 bits per heavy atom. The molecule has 3 rings (SSSR count). The van der Waals surface area contributed by atoms with E-state index in [2.05, 4.69) is 11.9 Å². The number of nitrogens with zero attached hydrogens (tertiary/aromatic N) is 2. The number of methoxy groups -OCH3 is 1. The van der Waals surface area contributed by atoms with E-state index in [1.807, 2.05) is 24.3 Å². The van der Waals surface area contributed by atoms with E-state index in [0.717, 1.165) is 17.7 Å². The summed E-state index contributed by atoms with van der Waals surface area (Å²) in [4.78, 5) is 19.3. The summed E-state index contributed by atoms with van der Waals surface area (Å²) in [7, 11) is 3.19. The second-order valence-corrected chi connectivity index (χ2v) is 6.76. The highest BCUT2D eigenvalue weighted by atomic mass is 32.2. The van der Waals surface area contributed by atoms with Crippen LogP contribution in [0.5, 0.6) is 11.5 Å². The van der Waals surface area contributed by atoms with Crippen molar-refractivity contribution in [2.45, 2.75) is 13.3 Å². The normalized spacial score (nSPS) is 17.3. The van der Waals surface area contributed by atoms with E-state index in [9.17, 15) is 9.90 Å². The summed E-state index contributed by atoms with van der Waals surface area (Å²) in [5.41, 5.74) is 2.52. The minimum Gasteiger partial charge on any atom is -0.504 e. The smallest absolute Gasteiger partial charge is 0.266 e. The van der Waals surface area contributed by atoms with Gasteiger partial charge in [-0.05, 0) is 42.0 Å². The van der Waals surface area contributed by atoms with Gasteiger partial charge >= 0.3 is 0 Å². The van der Waals surface area contributed by atoms with E-state index in [4.69, 9.17) is 4.74 Å². The summed E-state index contributed by atoms with van der Waals surface area (Å²) < 4.78 is 5.12. The highest BCUT2D eigenvalue weighted by Crippen LogP contribution is 2.37. The molecular formula is C20H20N2O3S. The standard InChI is InChI=1S/C20H20N2O3S/c1-4-13-8-5-6-10-15(13)21-20-22(2)19(24)17(26-20)12-14-9-7-11-16(25-3)18(14)23/h5-12,23H,4H2,1-3H3/b17-12+,21-20?. The largest absolute Gasteiger partial charge is 0.504 e. The van der Waals surface area contributed by atoms with Gasteiger partial charge in [-0.2, -0.15) is 0 Å². The number of thioether (sulfide) groups is 1. The molecule has 1 amide bonds. The molecule has 0 aromatic heterocycles. The van der Waals surface area contributed by atoms with Crippen molar-refractivity contribution in [2.24, 2.45) is 4.99 Å². The molecule has 0 bridgehead atoms. The van der Waals surface area contributed by atoms with Crippen molar-refractivity contribution in [2.75, 3.05) is 14.2 Å². The number of phenols is 1. The molecule has 2 aromatic carbocycles. The fourth-order valence-electron chi connectivity index (χ4n) is 2.64. The monoisotopic (exact) mass is 368 g/mol. The zero-order valence-electron chi connectivity index (χ0n) is 14.9. The number of ether oxygens (including phenoxy) is 1. The first-order valence-electron chi connectivity index (χ1n) is 8.25. The summed E-state index contributed by atoms with van der Waals surface area (Å²) >= 11 is 1.29. The van der Waals surface area contributed by atoms with Gasteiger partial charge in [0, 0.05) is 12.6 Å². The van der Waals surface area contributed by atoms with E-state index in [-0.39, 0.29) is 11.7 Å². The molecule has 26 heavy (non-hydrogen) atoms. The third-order valence-corrected chi connectivity index (χ3v) is 5.19. The zero-order chi connectivity index (χ0) is 18.7. The van der Waals surface area contributed by atoms with Gasteiger partial charge in [0.15, 0.2) is 16.7 Å². The number of carbonyl (C=O) groups is 1. The lowest BCUT2D eigenvalue weighted by atomic mass is 10.1. The number of amidine groups is 1. The lowest BCUT2D eigenvalue weighted by Crippen LogP contribution is -2.23. The Kier molecular flexibility index (Phi) is 5.32. The first kappa shape index (κ1) is 18.1. The Balaban J connectivity index is 1.96. The number of aliphatic imine (C=N–C) groups is 1. The van der Waals surface area contributed by atoms with E-state index in [1.54, 1.807) is 31.3 Å². The minimum absolute atomic E-state index is 0.0141. The minimum atomic E-state index is -0.148. The highest BCUT2D eigenvalue weighted by molar-refractivity contribution is 8.18. The van der Waals surface area contributed by atoms with Crippen LogP contribution in [0.15, 0.2) is 52.4 Å². The molecule has 1 N–H and O–H groups in total. The van der Waals surface area contributed by atoms with Crippen molar-refractivity contribution in [1.82, 2.24) is 4.90 Å². The van der Waals surface area contributed by atoms with Crippen LogP contribution >= 0.6 is 11.8 Å². The van der Waals surface area contributed by atoms with Crippen LogP contribution in [0.4, 0.5) is 5.69 Å². The number of hydrogen-bond donors (Lipinski definition) is 1. The summed E-state index contributed by atoms with van der Waals surface area (Å²) in [5, 5.41) is 10.9. The molecule has 1 heterocycles. The van der Waals surface area contributed by atoms with Gasteiger partial charge in [0.05, 0.1) is 17.7 Å². The third-order valence-electron chi connectivity index (χ3n) is 4.13. The molecule has 1 fully saturated rings. The number of para-hydroxylation sites is 2. The summed E-state index contributed by atoms with van der Waals surface area (Å²) in [6, 6.07) is 13.1. The molecule has 5 nitrogen and oxygen atoms in total. The van der Waals surface area contributed by atoms with E-state index in [1.165, 1.54) is 23.8 Å². The van der Waals surface area contributed by atoms with Crippen LogP contribution in [0.3, 0.4) is 0 Å². The van der Waals surface area contributed by atoms with Gasteiger partial charge in [-0.3, -0.25) is 9.69 Å². The average Bonchev–Trinajstić information content (AvgIpc) is 2.92. The van der Waals surface area contributed by atoms with Crippen molar-refractivity contribution in [3.63, 3.8) is 0 Å². The first-order chi connectivity index (χ1) is 12.5. The van der Waals surface area contributed by atoms with Crippen LogP contribution in [0, 0.1) is 0 Å². The summed E-state index contributed by atoms with van der Waals surface area (Å²) in [6.07, 6.45) is 2.53. The molecule has 1 saturated heterocycles. The predicted molar refractivity (Wildman–Crippen MR) is 106 cm³/mol. The van der Waals surface area contributed by atoms with Gasteiger partial charge in [0.2, 0.25) is 0 Å². The van der Waals surface area contributed by atoms with Crippen LogP contribution in [-0.2, 0) is 11.2 Å². The Morgan fingerprint density at radius 1 is 1.23 bits per heavy atom. The Morgan fingerprint density at radius 2 is 2.00 bits per heavy atom. The highest BCUT2D eigenvalue weighted by Gasteiger charge is 2.30. The second kappa shape index (κ2) is 7.66. The number of carbonyl (C=O) groups excluding carboxylic acids is 1. The summed E-state index contributed by atoms with van der Waals surface area (Å²) in [5.74, 6) is 0.235. The number of rotatable bonds is 4. The number of likely N-dealkylation sites (N-methyl/N-ethyl adjacent to an activating group) is 1. The van der Waals surface area contributed by atoms with Crippen LogP contribution in [-0.4, -0.2) is 35.2 Å². The van der Waals surface area contributed by atoms with E-state index < -0.39 is 0 Å². The molecule has 0 radical (unpaired) electrons. The van der Waals surface area contributed by atoms with Gasteiger partial charge < -0.3 is 9.84 Å². The van der Waals surface area contributed by atoms with E-state index in [0.29, 0.717) is 21.4 Å². The molecule has 134 valence electrons. The van der Waals surface area contributed by atoms with E-state index >= 15 is 0 Å². The maximum atomic E-state index is 12.6. The van der Waals surface area contributed by atoms with Crippen molar-refractivity contribution in [3.8, 4) is 11.5 Å². The van der Waals surface area contributed by atoms with Crippen molar-refractivity contribution < 1.29 is 14.6 Å². The third kappa shape index (κ3) is 3.46.